The molecule has 0 aromatic carbocycles. The summed E-state index contributed by atoms with van der Waals surface area (Å²) in [6.07, 6.45) is 6.86. The Morgan fingerprint density at radius 2 is 1.81 bits per heavy atom. The van der Waals surface area contributed by atoms with Crippen molar-refractivity contribution in [2.24, 2.45) is 11.8 Å². The van der Waals surface area contributed by atoms with Gasteiger partial charge in [0.05, 0.1) is 6.10 Å². The summed E-state index contributed by atoms with van der Waals surface area (Å²) in [5.41, 5.74) is 2.88. The van der Waals surface area contributed by atoms with E-state index in [1.54, 1.807) is 0 Å². The molecule has 0 bridgehead atoms. The van der Waals surface area contributed by atoms with E-state index in [0.717, 1.165) is 45.4 Å². The van der Waals surface area contributed by atoms with Crippen LogP contribution in [0.2, 0.25) is 0 Å². The summed E-state index contributed by atoms with van der Waals surface area (Å²) < 4.78 is 14.1. The van der Waals surface area contributed by atoms with Crippen molar-refractivity contribution in [2.75, 3.05) is 32.7 Å². The predicted octanol–water partition coefficient (Wildman–Crippen LogP) is 2.10. The highest BCUT2D eigenvalue weighted by atomic mass is 19.1. The molecule has 9 heteroatoms. The summed E-state index contributed by atoms with van der Waals surface area (Å²) >= 11 is 0. The van der Waals surface area contributed by atoms with E-state index in [4.69, 9.17) is 4.84 Å². The topological polar surface area (TPSA) is 94.7 Å². The number of hydrogen-bond acceptors (Lipinski definition) is 5. The smallest absolute Gasteiger partial charge is 0.317 e. The second kappa shape index (κ2) is 12.7. The van der Waals surface area contributed by atoms with Crippen LogP contribution in [0.25, 0.3) is 0 Å². The molecule has 4 aliphatic rings. The molecule has 4 fully saturated rings. The Labute approximate surface area is 191 Å². The fraction of sp³-hybridized carbons (Fsp3) is 0.913. The summed E-state index contributed by atoms with van der Waals surface area (Å²) in [6.45, 7) is 8.22. The number of carbonyl (C=O) groups excluding carboxylic acids is 2. The molecular formula is C23H42FN5O3. The van der Waals surface area contributed by atoms with Crippen LogP contribution in [0.3, 0.4) is 0 Å². The monoisotopic (exact) mass is 455 g/mol. The Hall–Kier alpha value is -1.45. The zero-order valence-corrected chi connectivity index (χ0v) is 19.7. The van der Waals surface area contributed by atoms with E-state index in [2.05, 4.69) is 28.4 Å². The van der Waals surface area contributed by atoms with E-state index < -0.39 is 12.2 Å². The minimum absolute atomic E-state index is 0.0224. The molecule has 2 saturated carbocycles. The van der Waals surface area contributed by atoms with Crippen LogP contribution in [0, 0.1) is 11.8 Å². The molecule has 2 saturated heterocycles. The van der Waals surface area contributed by atoms with E-state index >= 15 is 0 Å². The van der Waals surface area contributed by atoms with Gasteiger partial charge in [0, 0.05) is 44.7 Å². The van der Waals surface area contributed by atoms with Gasteiger partial charge in [-0.05, 0) is 44.9 Å². The van der Waals surface area contributed by atoms with Crippen LogP contribution in [-0.4, -0.2) is 73.9 Å². The highest BCUT2D eigenvalue weighted by Crippen LogP contribution is 2.38. The zero-order valence-electron chi connectivity index (χ0n) is 19.7. The number of hydrogen-bond donors (Lipinski definition) is 4. The second-order valence-corrected chi connectivity index (χ2v) is 9.64. The van der Waals surface area contributed by atoms with Crippen LogP contribution in [0.4, 0.5) is 9.18 Å². The van der Waals surface area contributed by atoms with E-state index in [1.165, 1.54) is 19.3 Å². The SMILES string of the molecule is CC1CCC(F)C2CC(C(=O)NC3CCCCC3)NOC12.CCNC(=O)N1CCNCC1. The first-order chi connectivity index (χ1) is 15.5. The Morgan fingerprint density at radius 3 is 2.50 bits per heavy atom. The number of piperazine rings is 1. The van der Waals surface area contributed by atoms with Gasteiger partial charge in [-0.15, -0.1) is 0 Å². The largest absolute Gasteiger partial charge is 0.352 e. The number of fused-ring (bicyclic) bond motifs is 1. The van der Waals surface area contributed by atoms with Crippen molar-refractivity contribution < 1.29 is 18.8 Å². The van der Waals surface area contributed by atoms with E-state index in [9.17, 15) is 14.0 Å². The van der Waals surface area contributed by atoms with Crippen molar-refractivity contribution in [3.8, 4) is 0 Å². The number of alkyl halides is 1. The lowest BCUT2D eigenvalue weighted by atomic mass is 9.75. The van der Waals surface area contributed by atoms with E-state index in [0.29, 0.717) is 25.3 Å². The minimum Gasteiger partial charge on any atom is -0.352 e. The number of amides is 3. The van der Waals surface area contributed by atoms with Gasteiger partial charge in [0.25, 0.3) is 0 Å². The Bertz CT molecular complexity index is 598. The van der Waals surface area contributed by atoms with Crippen molar-refractivity contribution >= 4 is 11.9 Å². The van der Waals surface area contributed by atoms with Gasteiger partial charge >= 0.3 is 6.03 Å². The van der Waals surface area contributed by atoms with Gasteiger partial charge in [-0.25, -0.2) is 9.18 Å². The highest BCUT2D eigenvalue weighted by molar-refractivity contribution is 5.82. The highest BCUT2D eigenvalue weighted by Gasteiger charge is 2.44. The lowest BCUT2D eigenvalue weighted by Crippen LogP contribution is -2.58. The van der Waals surface area contributed by atoms with E-state index in [1.807, 2.05) is 11.8 Å². The summed E-state index contributed by atoms with van der Waals surface area (Å²) in [5, 5.41) is 9.07. The van der Waals surface area contributed by atoms with Crippen LogP contribution in [0.5, 0.6) is 0 Å². The molecule has 2 heterocycles. The quantitative estimate of drug-likeness (QED) is 0.523. The first kappa shape index (κ1) is 25.2. The number of carbonyl (C=O) groups is 2. The van der Waals surface area contributed by atoms with Gasteiger partial charge in [-0.1, -0.05) is 26.2 Å². The first-order valence-corrected chi connectivity index (χ1v) is 12.6. The molecular weight excluding hydrogens is 413 g/mol. The minimum atomic E-state index is -0.835. The third kappa shape index (κ3) is 7.02. The van der Waals surface area contributed by atoms with Gasteiger partial charge in [-0.2, -0.15) is 5.48 Å². The molecule has 5 atom stereocenters. The molecule has 3 amide bonds. The molecule has 8 nitrogen and oxygen atoms in total. The number of nitrogens with one attached hydrogen (secondary N) is 4. The lowest BCUT2D eigenvalue weighted by molar-refractivity contribution is -0.172. The van der Waals surface area contributed by atoms with Crippen LogP contribution < -0.4 is 21.4 Å². The van der Waals surface area contributed by atoms with E-state index in [-0.39, 0.29) is 30.0 Å². The maximum absolute atomic E-state index is 14.1. The normalized spacial score (nSPS) is 33.3. The number of hydroxylamine groups is 1. The summed E-state index contributed by atoms with van der Waals surface area (Å²) in [5.74, 6) is 0.194. The number of nitrogens with zero attached hydrogens (tertiary/aromatic N) is 1. The van der Waals surface area contributed by atoms with Crippen LogP contribution in [0.1, 0.15) is 65.2 Å². The predicted molar refractivity (Wildman–Crippen MR) is 122 cm³/mol. The molecule has 5 unspecified atom stereocenters. The van der Waals surface area contributed by atoms with Gasteiger partial charge in [0.15, 0.2) is 0 Å². The molecule has 0 aromatic heterocycles. The lowest BCUT2D eigenvalue weighted by Gasteiger charge is -2.43. The summed E-state index contributed by atoms with van der Waals surface area (Å²) in [7, 11) is 0. The summed E-state index contributed by atoms with van der Waals surface area (Å²) in [6, 6.07) is -0.0528. The zero-order chi connectivity index (χ0) is 22.9. The average Bonchev–Trinajstić information content (AvgIpc) is 2.83. The molecule has 0 spiro atoms. The van der Waals surface area contributed by atoms with Crippen molar-refractivity contribution in [3.63, 3.8) is 0 Å². The van der Waals surface area contributed by atoms with Crippen LogP contribution >= 0.6 is 0 Å². The molecule has 2 aliphatic heterocycles. The number of urea groups is 1. The number of rotatable bonds is 3. The average molecular weight is 456 g/mol. The van der Waals surface area contributed by atoms with Crippen LogP contribution in [-0.2, 0) is 9.63 Å². The number of halogens is 1. The maximum Gasteiger partial charge on any atom is 0.317 e. The van der Waals surface area contributed by atoms with Crippen molar-refractivity contribution in [3.05, 3.63) is 0 Å². The molecule has 4 rings (SSSR count). The van der Waals surface area contributed by atoms with Gasteiger partial charge in [0.2, 0.25) is 5.91 Å². The molecule has 0 radical (unpaired) electrons. The van der Waals surface area contributed by atoms with Gasteiger partial charge in [-0.3, -0.25) is 9.63 Å². The standard InChI is InChI=1S/C16H27FN2O2.C7H15N3O/c1-10-7-8-13(17)12-9-14(19-21-15(10)12)16(20)18-11-5-3-2-4-6-11;1-2-9-7(11)10-5-3-8-4-6-10/h10-15,19H,2-9H2,1H3,(H,18,20);8H,2-6H2,1H3,(H,9,11). The third-order valence-corrected chi connectivity index (χ3v) is 7.20. The Balaban J connectivity index is 0.000000222. The first-order valence-electron chi connectivity index (χ1n) is 12.6. The maximum atomic E-state index is 14.1. The third-order valence-electron chi connectivity index (χ3n) is 7.20. The summed E-state index contributed by atoms with van der Waals surface area (Å²) in [4.78, 5) is 31.0. The molecule has 4 N–H and O–H groups in total. The molecule has 2 aliphatic carbocycles. The van der Waals surface area contributed by atoms with Gasteiger partial charge in [0.1, 0.15) is 12.2 Å². The Kier molecular flexibility index (Phi) is 9.99. The van der Waals surface area contributed by atoms with Gasteiger partial charge < -0.3 is 20.9 Å². The molecule has 32 heavy (non-hydrogen) atoms. The van der Waals surface area contributed by atoms with Crippen molar-refractivity contribution in [1.82, 2.24) is 26.3 Å². The second-order valence-electron chi connectivity index (χ2n) is 9.64. The van der Waals surface area contributed by atoms with Crippen molar-refractivity contribution in [2.45, 2.75) is 89.6 Å². The van der Waals surface area contributed by atoms with Crippen LogP contribution in [0.15, 0.2) is 0 Å². The Morgan fingerprint density at radius 1 is 1.09 bits per heavy atom. The molecule has 184 valence electrons. The molecule has 0 aromatic rings. The van der Waals surface area contributed by atoms with Crippen molar-refractivity contribution in [1.29, 1.82) is 0 Å². The fourth-order valence-corrected chi connectivity index (χ4v) is 5.23. The fourth-order valence-electron chi connectivity index (χ4n) is 5.23.